The van der Waals surface area contributed by atoms with Crippen molar-refractivity contribution < 1.29 is 14.7 Å². The number of hydrogen-bond donors (Lipinski definition) is 2. The van der Waals surface area contributed by atoms with Crippen LogP contribution in [0.1, 0.15) is 32.1 Å². The van der Waals surface area contributed by atoms with Gasteiger partial charge in [0, 0.05) is 12.7 Å². The Morgan fingerprint density at radius 1 is 1.19 bits per heavy atom. The summed E-state index contributed by atoms with van der Waals surface area (Å²) in [5.41, 5.74) is 1.91. The molecule has 0 bridgehead atoms. The second-order valence-corrected chi connectivity index (χ2v) is 4.51. The number of nitrogens with zero attached hydrogens (tertiary/aromatic N) is 2. The van der Waals surface area contributed by atoms with Gasteiger partial charge in [-0.2, -0.15) is 0 Å². The maximum absolute atomic E-state index is 11.8. The maximum Gasteiger partial charge on any atom is 0.335 e. The number of amides is 1. The molecule has 0 saturated heterocycles. The Kier molecular flexibility index (Phi) is 4.61. The Morgan fingerprint density at radius 2 is 1.95 bits per heavy atom. The molecule has 0 fully saturated rings. The quantitative estimate of drug-likeness (QED) is 0.867. The number of aromatic carboxylic acids is 1. The Hall–Kier alpha value is -2.76. The van der Waals surface area contributed by atoms with Crippen molar-refractivity contribution in [2.24, 2.45) is 0 Å². The standard InChI is InChI=1S/C15H15N3O3/c1-10-8-18-13(9-17-10)14(19)16-7-6-11-4-2-3-5-12(11)15(20)21/h2-5,8-9H,6-7H2,1H3,(H,16,19)(H,20,21). The number of aromatic nitrogens is 2. The van der Waals surface area contributed by atoms with E-state index in [9.17, 15) is 9.59 Å². The van der Waals surface area contributed by atoms with Crippen molar-refractivity contribution in [3.63, 3.8) is 0 Å². The number of aryl methyl sites for hydroxylation is 1. The van der Waals surface area contributed by atoms with E-state index < -0.39 is 5.97 Å². The molecule has 6 nitrogen and oxygen atoms in total. The maximum atomic E-state index is 11.8. The predicted octanol–water partition coefficient (Wildman–Crippen LogP) is 1.46. The van der Waals surface area contributed by atoms with Crippen LogP contribution in [0.15, 0.2) is 36.7 Å². The van der Waals surface area contributed by atoms with Crippen molar-refractivity contribution in [1.82, 2.24) is 15.3 Å². The van der Waals surface area contributed by atoms with Crippen LogP contribution in [-0.4, -0.2) is 33.5 Å². The van der Waals surface area contributed by atoms with Crippen molar-refractivity contribution in [2.45, 2.75) is 13.3 Å². The van der Waals surface area contributed by atoms with Crippen molar-refractivity contribution in [1.29, 1.82) is 0 Å². The number of carboxylic acids is 1. The number of carboxylic acid groups (broad SMARTS) is 1. The van der Waals surface area contributed by atoms with E-state index in [2.05, 4.69) is 15.3 Å². The number of rotatable bonds is 5. The Labute approximate surface area is 121 Å². The van der Waals surface area contributed by atoms with Gasteiger partial charge in [-0.1, -0.05) is 18.2 Å². The molecule has 1 amide bonds. The largest absolute Gasteiger partial charge is 0.478 e. The summed E-state index contributed by atoms with van der Waals surface area (Å²) >= 11 is 0. The van der Waals surface area contributed by atoms with Gasteiger partial charge < -0.3 is 10.4 Å². The van der Waals surface area contributed by atoms with E-state index in [1.54, 1.807) is 31.2 Å². The molecule has 6 heteroatoms. The van der Waals surface area contributed by atoms with Gasteiger partial charge in [-0.25, -0.2) is 9.78 Å². The molecule has 2 rings (SSSR count). The van der Waals surface area contributed by atoms with E-state index in [-0.39, 0.29) is 17.2 Å². The lowest BCUT2D eigenvalue weighted by molar-refractivity contribution is 0.0695. The highest BCUT2D eigenvalue weighted by Crippen LogP contribution is 2.09. The second-order valence-electron chi connectivity index (χ2n) is 4.51. The minimum Gasteiger partial charge on any atom is -0.478 e. The van der Waals surface area contributed by atoms with Crippen LogP contribution >= 0.6 is 0 Å². The lowest BCUT2D eigenvalue weighted by Gasteiger charge is -2.07. The summed E-state index contributed by atoms with van der Waals surface area (Å²) in [6.45, 7) is 2.12. The van der Waals surface area contributed by atoms with E-state index in [1.165, 1.54) is 12.4 Å². The molecule has 0 spiro atoms. The molecule has 2 N–H and O–H groups in total. The van der Waals surface area contributed by atoms with Crippen LogP contribution in [0.25, 0.3) is 0 Å². The van der Waals surface area contributed by atoms with E-state index in [0.29, 0.717) is 18.5 Å². The van der Waals surface area contributed by atoms with Gasteiger partial charge in [-0.05, 0) is 25.0 Å². The molecule has 1 aromatic carbocycles. The van der Waals surface area contributed by atoms with Crippen molar-refractivity contribution >= 4 is 11.9 Å². The zero-order chi connectivity index (χ0) is 15.2. The first-order chi connectivity index (χ1) is 10.1. The van der Waals surface area contributed by atoms with Crippen LogP contribution in [0, 0.1) is 6.92 Å². The van der Waals surface area contributed by atoms with E-state index in [0.717, 1.165) is 5.69 Å². The fourth-order valence-electron chi connectivity index (χ4n) is 1.86. The van der Waals surface area contributed by atoms with Crippen molar-refractivity contribution in [3.8, 4) is 0 Å². The van der Waals surface area contributed by atoms with Gasteiger partial charge in [-0.3, -0.25) is 9.78 Å². The molecule has 1 heterocycles. The highest BCUT2D eigenvalue weighted by molar-refractivity contribution is 5.92. The van der Waals surface area contributed by atoms with Crippen LogP contribution in [0.4, 0.5) is 0 Å². The molecule has 0 aliphatic heterocycles. The SMILES string of the molecule is Cc1cnc(C(=O)NCCc2ccccc2C(=O)O)cn1. The average Bonchev–Trinajstić information content (AvgIpc) is 2.48. The summed E-state index contributed by atoms with van der Waals surface area (Å²) in [4.78, 5) is 30.9. The van der Waals surface area contributed by atoms with Gasteiger partial charge >= 0.3 is 5.97 Å². The lowest BCUT2D eigenvalue weighted by atomic mass is 10.0. The Morgan fingerprint density at radius 3 is 2.62 bits per heavy atom. The average molecular weight is 285 g/mol. The van der Waals surface area contributed by atoms with Gasteiger partial charge in [0.15, 0.2) is 0 Å². The number of hydrogen-bond acceptors (Lipinski definition) is 4. The number of benzene rings is 1. The molecule has 0 aliphatic carbocycles. The summed E-state index contributed by atoms with van der Waals surface area (Å²) in [6, 6.07) is 6.73. The highest BCUT2D eigenvalue weighted by Gasteiger charge is 2.10. The molecule has 0 atom stereocenters. The summed E-state index contributed by atoms with van der Waals surface area (Å²) in [7, 11) is 0. The zero-order valence-electron chi connectivity index (χ0n) is 11.5. The predicted molar refractivity (Wildman–Crippen MR) is 76.2 cm³/mol. The summed E-state index contributed by atoms with van der Waals surface area (Å²) in [6.07, 6.45) is 3.37. The first kappa shape index (κ1) is 14.6. The molecular weight excluding hydrogens is 270 g/mol. The van der Waals surface area contributed by atoms with Gasteiger partial charge in [0.1, 0.15) is 5.69 Å². The third-order valence-corrected chi connectivity index (χ3v) is 2.94. The summed E-state index contributed by atoms with van der Waals surface area (Å²) < 4.78 is 0. The molecular formula is C15H15N3O3. The van der Waals surface area contributed by atoms with Crippen LogP contribution in [0.5, 0.6) is 0 Å². The van der Waals surface area contributed by atoms with Gasteiger partial charge in [0.25, 0.3) is 5.91 Å². The van der Waals surface area contributed by atoms with Crippen LogP contribution in [0.2, 0.25) is 0 Å². The minimum atomic E-state index is -0.971. The van der Waals surface area contributed by atoms with Gasteiger partial charge in [0.05, 0.1) is 17.5 Å². The Balaban J connectivity index is 1.94. The van der Waals surface area contributed by atoms with E-state index in [4.69, 9.17) is 5.11 Å². The Bertz CT molecular complexity index is 653. The van der Waals surface area contributed by atoms with Crippen molar-refractivity contribution in [2.75, 3.05) is 6.54 Å². The molecule has 0 aliphatic rings. The molecule has 1 aromatic heterocycles. The first-order valence-electron chi connectivity index (χ1n) is 6.46. The monoisotopic (exact) mass is 285 g/mol. The fourth-order valence-corrected chi connectivity index (χ4v) is 1.86. The molecule has 0 radical (unpaired) electrons. The highest BCUT2D eigenvalue weighted by atomic mass is 16.4. The van der Waals surface area contributed by atoms with Gasteiger partial charge in [-0.15, -0.1) is 0 Å². The number of carbonyl (C=O) groups is 2. The second kappa shape index (κ2) is 6.60. The van der Waals surface area contributed by atoms with Crippen LogP contribution in [0.3, 0.4) is 0 Å². The normalized spacial score (nSPS) is 10.1. The third kappa shape index (κ3) is 3.85. The molecule has 21 heavy (non-hydrogen) atoms. The lowest BCUT2D eigenvalue weighted by Crippen LogP contribution is -2.27. The first-order valence-corrected chi connectivity index (χ1v) is 6.46. The molecule has 2 aromatic rings. The van der Waals surface area contributed by atoms with E-state index in [1.807, 2.05) is 0 Å². The van der Waals surface area contributed by atoms with E-state index >= 15 is 0 Å². The topological polar surface area (TPSA) is 92.2 Å². The number of carbonyl (C=O) groups excluding carboxylic acids is 1. The molecule has 0 unspecified atom stereocenters. The third-order valence-electron chi connectivity index (χ3n) is 2.94. The summed E-state index contributed by atoms with van der Waals surface area (Å²) in [5, 5.41) is 11.8. The van der Waals surface area contributed by atoms with Crippen LogP contribution in [-0.2, 0) is 6.42 Å². The fraction of sp³-hybridized carbons (Fsp3) is 0.200. The van der Waals surface area contributed by atoms with Crippen molar-refractivity contribution in [3.05, 3.63) is 59.2 Å². The summed E-state index contributed by atoms with van der Waals surface area (Å²) in [5.74, 6) is -1.29. The minimum absolute atomic E-state index is 0.243. The molecule has 108 valence electrons. The number of nitrogens with one attached hydrogen (secondary N) is 1. The zero-order valence-corrected chi connectivity index (χ0v) is 11.5. The van der Waals surface area contributed by atoms with Crippen LogP contribution < -0.4 is 5.32 Å². The molecule has 0 saturated carbocycles. The smallest absolute Gasteiger partial charge is 0.335 e. The van der Waals surface area contributed by atoms with Gasteiger partial charge in [0.2, 0.25) is 0 Å².